The van der Waals surface area contributed by atoms with Crippen LogP contribution in [-0.2, 0) is 17.8 Å². The second-order valence-electron chi connectivity index (χ2n) is 6.75. The van der Waals surface area contributed by atoms with Crippen molar-refractivity contribution in [3.05, 3.63) is 11.9 Å². The maximum absolute atomic E-state index is 5.95. The summed E-state index contributed by atoms with van der Waals surface area (Å²) in [5.41, 5.74) is 1.00. The molecule has 0 unspecified atom stereocenters. The van der Waals surface area contributed by atoms with Crippen molar-refractivity contribution in [1.29, 1.82) is 0 Å². The van der Waals surface area contributed by atoms with Gasteiger partial charge in [-0.05, 0) is 44.1 Å². The number of rotatable bonds is 8. The van der Waals surface area contributed by atoms with Gasteiger partial charge in [0.05, 0.1) is 24.9 Å². The van der Waals surface area contributed by atoms with E-state index in [4.69, 9.17) is 4.74 Å². The van der Waals surface area contributed by atoms with Crippen molar-refractivity contribution in [1.82, 2.24) is 20.3 Å². The number of nitrogens with zero attached hydrogens (tertiary/aromatic N) is 3. The van der Waals surface area contributed by atoms with Gasteiger partial charge in [-0.15, -0.1) is 5.10 Å². The van der Waals surface area contributed by atoms with Gasteiger partial charge in [0.15, 0.2) is 0 Å². The minimum atomic E-state index is 0.455. The highest BCUT2D eigenvalue weighted by Gasteiger charge is 2.18. The van der Waals surface area contributed by atoms with Crippen LogP contribution in [0.25, 0.3) is 0 Å². The molecular weight excluding hydrogens is 264 g/mol. The molecule has 21 heavy (non-hydrogen) atoms. The van der Waals surface area contributed by atoms with Crippen LogP contribution in [-0.4, -0.2) is 34.2 Å². The molecule has 0 atom stereocenters. The molecule has 1 heterocycles. The third kappa shape index (κ3) is 6.14. The van der Waals surface area contributed by atoms with Crippen molar-refractivity contribution in [2.24, 2.45) is 11.8 Å². The van der Waals surface area contributed by atoms with Crippen LogP contribution in [0.1, 0.15) is 52.1 Å². The molecule has 1 saturated carbocycles. The Balaban J connectivity index is 1.61. The zero-order chi connectivity index (χ0) is 15.1. The van der Waals surface area contributed by atoms with Crippen molar-refractivity contribution >= 4 is 0 Å². The van der Waals surface area contributed by atoms with Crippen LogP contribution in [0.3, 0.4) is 0 Å². The van der Waals surface area contributed by atoms with Crippen LogP contribution >= 0.6 is 0 Å². The van der Waals surface area contributed by atoms with Gasteiger partial charge >= 0.3 is 0 Å². The van der Waals surface area contributed by atoms with Gasteiger partial charge in [0.25, 0.3) is 0 Å². The Bertz CT molecular complexity index is 397. The van der Waals surface area contributed by atoms with Gasteiger partial charge in [0.1, 0.15) is 0 Å². The molecule has 1 aromatic heterocycles. The number of hydrogen-bond acceptors (Lipinski definition) is 4. The Morgan fingerprint density at radius 2 is 2.10 bits per heavy atom. The maximum Gasteiger partial charge on any atom is 0.0964 e. The fourth-order valence-corrected chi connectivity index (χ4v) is 2.73. The van der Waals surface area contributed by atoms with Crippen LogP contribution in [0.5, 0.6) is 0 Å². The van der Waals surface area contributed by atoms with E-state index in [9.17, 15) is 0 Å². The molecule has 2 rings (SSSR count). The van der Waals surface area contributed by atoms with Gasteiger partial charge < -0.3 is 10.1 Å². The molecule has 5 nitrogen and oxygen atoms in total. The van der Waals surface area contributed by atoms with Crippen molar-refractivity contribution in [3.8, 4) is 0 Å². The van der Waals surface area contributed by atoms with Gasteiger partial charge in [0.2, 0.25) is 0 Å². The lowest BCUT2D eigenvalue weighted by molar-refractivity contribution is 0.0145. The predicted molar refractivity (Wildman–Crippen MR) is 83.9 cm³/mol. The van der Waals surface area contributed by atoms with E-state index in [1.54, 1.807) is 0 Å². The quantitative estimate of drug-likeness (QED) is 0.801. The minimum absolute atomic E-state index is 0.455. The Morgan fingerprint density at radius 1 is 1.33 bits per heavy atom. The van der Waals surface area contributed by atoms with Crippen LogP contribution < -0.4 is 5.32 Å². The average molecular weight is 294 g/mol. The van der Waals surface area contributed by atoms with Crippen LogP contribution in [0.4, 0.5) is 0 Å². The summed E-state index contributed by atoms with van der Waals surface area (Å²) in [5.74, 6) is 1.53. The van der Waals surface area contributed by atoms with Crippen LogP contribution in [0.15, 0.2) is 6.20 Å². The average Bonchev–Trinajstić information content (AvgIpc) is 2.88. The van der Waals surface area contributed by atoms with Gasteiger partial charge in [-0.2, -0.15) is 0 Å². The van der Waals surface area contributed by atoms with Crippen molar-refractivity contribution < 1.29 is 4.74 Å². The SMILES string of the molecule is CC(C)CNCc1cn(CCOC2CCC(C)CC2)nn1. The zero-order valence-electron chi connectivity index (χ0n) is 13.7. The number of aromatic nitrogens is 3. The van der Waals surface area contributed by atoms with Crippen molar-refractivity contribution in [2.45, 2.75) is 65.6 Å². The summed E-state index contributed by atoms with van der Waals surface area (Å²) in [7, 11) is 0. The molecule has 0 spiro atoms. The van der Waals surface area contributed by atoms with E-state index < -0.39 is 0 Å². The topological polar surface area (TPSA) is 52.0 Å². The second kappa shape index (κ2) is 8.49. The van der Waals surface area contributed by atoms with E-state index in [1.807, 2.05) is 10.9 Å². The van der Waals surface area contributed by atoms with Gasteiger partial charge in [-0.25, -0.2) is 4.68 Å². The summed E-state index contributed by atoms with van der Waals surface area (Å²) in [6, 6.07) is 0. The van der Waals surface area contributed by atoms with Gasteiger partial charge in [-0.1, -0.05) is 26.0 Å². The molecule has 1 aliphatic rings. The lowest BCUT2D eigenvalue weighted by atomic mass is 9.89. The molecule has 5 heteroatoms. The normalized spacial score (nSPS) is 22.9. The first kappa shape index (κ1) is 16.4. The molecule has 0 saturated heterocycles. The standard InChI is InChI=1S/C16H30N4O/c1-13(2)10-17-11-15-12-20(19-18-15)8-9-21-16-6-4-14(3)5-7-16/h12-14,16-17H,4-11H2,1-3H3. The second-order valence-corrected chi connectivity index (χ2v) is 6.75. The first-order valence-corrected chi connectivity index (χ1v) is 8.35. The maximum atomic E-state index is 5.95. The Labute approximate surface area is 128 Å². The molecular formula is C16H30N4O. The van der Waals surface area contributed by atoms with E-state index in [0.717, 1.165) is 37.9 Å². The van der Waals surface area contributed by atoms with Crippen molar-refractivity contribution in [2.75, 3.05) is 13.2 Å². The molecule has 1 fully saturated rings. The number of hydrogen-bond donors (Lipinski definition) is 1. The number of ether oxygens (including phenoxy) is 1. The summed E-state index contributed by atoms with van der Waals surface area (Å²) in [6.07, 6.45) is 7.50. The van der Waals surface area contributed by atoms with E-state index in [-0.39, 0.29) is 0 Å². The Hall–Kier alpha value is -0.940. The minimum Gasteiger partial charge on any atom is -0.376 e. The fourth-order valence-electron chi connectivity index (χ4n) is 2.73. The Morgan fingerprint density at radius 3 is 2.81 bits per heavy atom. The lowest BCUT2D eigenvalue weighted by Gasteiger charge is -2.26. The Kier molecular flexibility index (Phi) is 6.64. The summed E-state index contributed by atoms with van der Waals surface area (Å²) >= 11 is 0. The highest BCUT2D eigenvalue weighted by atomic mass is 16.5. The molecule has 0 radical (unpaired) electrons. The molecule has 0 aliphatic heterocycles. The van der Waals surface area contributed by atoms with Gasteiger partial charge in [0, 0.05) is 12.7 Å². The summed E-state index contributed by atoms with van der Waals surface area (Å²) in [4.78, 5) is 0. The lowest BCUT2D eigenvalue weighted by Crippen LogP contribution is -2.22. The van der Waals surface area contributed by atoms with Crippen LogP contribution in [0, 0.1) is 11.8 Å². The molecule has 1 aliphatic carbocycles. The molecule has 0 bridgehead atoms. The highest BCUT2D eigenvalue weighted by Crippen LogP contribution is 2.25. The third-order valence-corrected chi connectivity index (χ3v) is 4.08. The molecule has 0 amide bonds. The van der Waals surface area contributed by atoms with E-state index in [2.05, 4.69) is 36.4 Å². The predicted octanol–water partition coefficient (Wildman–Crippen LogP) is 2.62. The first-order chi connectivity index (χ1) is 10.1. The van der Waals surface area contributed by atoms with E-state index in [1.165, 1.54) is 25.7 Å². The molecule has 1 N–H and O–H groups in total. The monoisotopic (exact) mass is 294 g/mol. The smallest absolute Gasteiger partial charge is 0.0964 e. The molecule has 120 valence electrons. The zero-order valence-corrected chi connectivity index (χ0v) is 13.7. The highest BCUT2D eigenvalue weighted by molar-refractivity contribution is 4.91. The van der Waals surface area contributed by atoms with Crippen molar-refractivity contribution in [3.63, 3.8) is 0 Å². The molecule has 1 aromatic rings. The largest absolute Gasteiger partial charge is 0.376 e. The van der Waals surface area contributed by atoms with Gasteiger partial charge in [-0.3, -0.25) is 0 Å². The van der Waals surface area contributed by atoms with E-state index in [0.29, 0.717) is 12.0 Å². The number of nitrogens with one attached hydrogen (secondary N) is 1. The summed E-state index contributed by atoms with van der Waals surface area (Å²) in [6.45, 7) is 10.1. The van der Waals surface area contributed by atoms with E-state index >= 15 is 0 Å². The summed E-state index contributed by atoms with van der Waals surface area (Å²) < 4.78 is 7.84. The first-order valence-electron chi connectivity index (χ1n) is 8.35. The molecule has 0 aromatic carbocycles. The third-order valence-electron chi connectivity index (χ3n) is 4.08. The fraction of sp³-hybridized carbons (Fsp3) is 0.875. The summed E-state index contributed by atoms with van der Waals surface area (Å²) in [5, 5.41) is 11.7. The van der Waals surface area contributed by atoms with Crippen LogP contribution in [0.2, 0.25) is 0 Å².